The van der Waals surface area contributed by atoms with E-state index in [0.29, 0.717) is 18.1 Å². The summed E-state index contributed by atoms with van der Waals surface area (Å²) in [6.45, 7) is 2.07. The Hall–Kier alpha value is -3.48. The Labute approximate surface area is 157 Å². The molecule has 0 saturated carbocycles. The van der Waals surface area contributed by atoms with E-state index in [2.05, 4.69) is 32.5 Å². The molecule has 0 radical (unpaired) electrons. The molecule has 1 N–H and O–H groups in total. The van der Waals surface area contributed by atoms with Crippen LogP contribution < -0.4 is 5.32 Å². The summed E-state index contributed by atoms with van der Waals surface area (Å²) in [6.07, 6.45) is 6.20. The predicted octanol–water partition coefficient (Wildman–Crippen LogP) is 3.63. The fraction of sp³-hybridized carbons (Fsp3) is 0.200. The zero-order valence-electron chi connectivity index (χ0n) is 15.2. The molecule has 0 aliphatic rings. The smallest absolute Gasteiger partial charge is 0.259 e. The molecule has 3 heterocycles. The monoisotopic (exact) mass is 360 g/mol. The summed E-state index contributed by atoms with van der Waals surface area (Å²) in [5.41, 5.74) is 3.04. The number of hydrogen-bond donors (Lipinski definition) is 1. The number of hydrogen-bond acceptors (Lipinski definition) is 6. The van der Waals surface area contributed by atoms with Gasteiger partial charge in [-0.3, -0.25) is 4.68 Å². The predicted molar refractivity (Wildman–Crippen MR) is 102 cm³/mol. The number of benzene rings is 1. The van der Waals surface area contributed by atoms with Gasteiger partial charge in [0.15, 0.2) is 5.82 Å². The molecule has 0 aliphatic carbocycles. The maximum Gasteiger partial charge on any atom is 0.259 e. The highest BCUT2D eigenvalue weighted by molar-refractivity contribution is 5.54. The van der Waals surface area contributed by atoms with Gasteiger partial charge >= 0.3 is 0 Å². The quantitative estimate of drug-likeness (QED) is 0.565. The van der Waals surface area contributed by atoms with Gasteiger partial charge in [0.2, 0.25) is 0 Å². The maximum atomic E-state index is 5.38. The van der Waals surface area contributed by atoms with Crippen LogP contribution in [0, 0.1) is 0 Å². The van der Waals surface area contributed by atoms with Gasteiger partial charge in [-0.05, 0) is 24.6 Å². The second-order valence-electron chi connectivity index (χ2n) is 6.42. The van der Waals surface area contributed by atoms with Crippen LogP contribution in [0.5, 0.6) is 0 Å². The van der Waals surface area contributed by atoms with Crippen LogP contribution in [-0.4, -0.2) is 24.9 Å². The Kier molecular flexibility index (Phi) is 4.65. The minimum atomic E-state index is 0.109. The van der Waals surface area contributed by atoms with E-state index in [1.165, 1.54) is 0 Å². The van der Waals surface area contributed by atoms with Gasteiger partial charge in [0, 0.05) is 31.4 Å². The van der Waals surface area contributed by atoms with Crippen LogP contribution in [0.1, 0.15) is 29.9 Å². The molecule has 0 amide bonds. The first-order chi connectivity index (χ1) is 13.2. The number of pyridine rings is 1. The zero-order chi connectivity index (χ0) is 18.6. The van der Waals surface area contributed by atoms with Crippen molar-refractivity contribution in [3.63, 3.8) is 0 Å². The number of nitrogens with zero attached hydrogens (tertiary/aromatic N) is 5. The van der Waals surface area contributed by atoms with Crippen molar-refractivity contribution in [2.75, 3.05) is 5.32 Å². The van der Waals surface area contributed by atoms with Gasteiger partial charge in [-0.2, -0.15) is 10.1 Å². The van der Waals surface area contributed by atoms with Crippen LogP contribution in [0.25, 0.3) is 11.5 Å². The highest BCUT2D eigenvalue weighted by Crippen LogP contribution is 2.21. The Morgan fingerprint density at radius 3 is 2.67 bits per heavy atom. The van der Waals surface area contributed by atoms with E-state index in [0.717, 1.165) is 22.5 Å². The van der Waals surface area contributed by atoms with E-state index in [9.17, 15) is 0 Å². The van der Waals surface area contributed by atoms with E-state index >= 15 is 0 Å². The molecule has 27 heavy (non-hydrogen) atoms. The van der Waals surface area contributed by atoms with Gasteiger partial charge in [0.1, 0.15) is 5.82 Å². The molecule has 0 saturated heterocycles. The van der Waals surface area contributed by atoms with Crippen molar-refractivity contribution >= 4 is 5.82 Å². The van der Waals surface area contributed by atoms with Crippen molar-refractivity contribution in [1.82, 2.24) is 24.9 Å². The maximum absolute atomic E-state index is 5.38. The van der Waals surface area contributed by atoms with Crippen molar-refractivity contribution in [1.29, 1.82) is 0 Å². The lowest BCUT2D eigenvalue weighted by molar-refractivity contribution is 0.424. The molecule has 4 rings (SSSR count). The molecular weight excluding hydrogens is 340 g/mol. The molecule has 1 unspecified atom stereocenters. The van der Waals surface area contributed by atoms with Gasteiger partial charge in [-0.1, -0.05) is 35.5 Å². The van der Waals surface area contributed by atoms with Gasteiger partial charge < -0.3 is 9.84 Å². The lowest BCUT2D eigenvalue weighted by Gasteiger charge is -2.12. The summed E-state index contributed by atoms with van der Waals surface area (Å²) >= 11 is 0. The first kappa shape index (κ1) is 17.0. The molecule has 7 heteroatoms. The summed E-state index contributed by atoms with van der Waals surface area (Å²) in [7, 11) is 1.90. The van der Waals surface area contributed by atoms with Gasteiger partial charge in [-0.25, -0.2) is 4.98 Å². The van der Waals surface area contributed by atoms with Crippen molar-refractivity contribution in [3.05, 3.63) is 78.0 Å². The molecule has 136 valence electrons. The van der Waals surface area contributed by atoms with Crippen LogP contribution in [0.3, 0.4) is 0 Å². The minimum absolute atomic E-state index is 0.109. The Morgan fingerprint density at radius 1 is 1.11 bits per heavy atom. The van der Waals surface area contributed by atoms with Crippen molar-refractivity contribution in [2.45, 2.75) is 19.4 Å². The van der Waals surface area contributed by atoms with Crippen LogP contribution in [0.4, 0.5) is 5.82 Å². The average Bonchev–Trinajstić information content (AvgIpc) is 3.32. The third-order valence-electron chi connectivity index (χ3n) is 4.27. The molecule has 1 aromatic carbocycles. The number of rotatable bonds is 6. The Bertz CT molecular complexity index is 1010. The van der Waals surface area contributed by atoms with E-state index in [1.807, 2.05) is 61.9 Å². The molecule has 7 nitrogen and oxygen atoms in total. The van der Waals surface area contributed by atoms with Crippen molar-refractivity contribution in [3.8, 4) is 11.5 Å². The fourth-order valence-corrected chi connectivity index (χ4v) is 2.80. The van der Waals surface area contributed by atoms with Crippen LogP contribution in [0.15, 0.2) is 65.6 Å². The fourth-order valence-electron chi connectivity index (χ4n) is 2.80. The molecule has 3 aromatic heterocycles. The number of anilines is 1. The molecule has 0 aliphatic heterocycles. The van der Waals surface area contributed by atoms with Crippen LogP contribution in [-0.2, 0) is 13.5 Å². The molecule has 0 bridgehead atoms. The lowest BCUT2D eigenvalue weighted by Crippen LogP contribution is -2.07. The van der Waals surface area contributed by atoms with Gasteiger partial charge in [-0.15, -0.1) is 0 Å². The summed E-state index contributed by atoms with van der Waals surface area (Å²) in [5, 5.41) is 11.6. The largest absolute Gasteiger partial charge is 0.363 e. The van der Waals surface area contributed by atoms with Gasteiger partial charge in [0.05, 0.1) is 17.8 Å². The summed E-state index contributed by atoms with van der Waals surface area (Å²) in [4.78, 5) is 8.92. The molecule has 0 fully saturated rings. The zero-order valence-corrected chi connectivity index (χ0v) is 15.2. The molecule has 1 atom stereocenters. The molecule has 4 aromatic rings. The topological polar surface area (TPSA) is 81.7 Å². The SMILES string of the molecule is CC(Nc1ccc(-c2nc(Cc3ccccc3)no2)cn1)c1cnn(C)c1. The Balaban J connectivity index is 1.43. The first-order valence-electron chi connectivity index (χ1n) is 8.75. The number of aromatic nitrogens is 5. The van der Waals surface area contributed by atoms with Gasteiger partial charge in [0.25, 0.3) is 5.89 Å². The summed E-state index contributed by atoms with van der Waals surface area (Å²) in [6, 6.07) is 14.0. The van der Waals surface area contributed by atoms with E-state index in [-0.39, 0.29) is 6.04 Å². The normalized spacial score (nSPS) is 12.1. The van der Waals surface area contributed by atoms with Crippen LogP contribution in [0.2, 0.25) is 0 Å². The van der Waals surface area contributed by atoms with Crippen molar-refractivity contribution in [2.24, 2.45) is 7.05 Å². The Morgan fingerprint density at radius 2 is 1.96 bits per heavy atom. The first-order valence-corrected chi connectivity index (χ1v) is 8.75. The second kappa shape index (κ2) is 7.41. The number of nitrogens with one attached hydrogen (secondary N) is 1. The molecular formula is C20H20N6O. The third kappa shape index (κ3) is 4.03. The third-order valence-corrected chi connectivity index (χ3v) is 4.27. The van der Waals surface area contributed by atoms with Crippen LogP contribution >= 0.6 is 0 Å². The average molecular weight is 360 g/mol. The van der Waals surface area contributed by atoms with E-state index in [4.69, 9.17) is 4.52 Å². The number of aryl methyl sites for hydroxylation is 1. The second-order valence-corrected chi connectivity index (χ2v) is 6.42. The molecule has 0 spiro atoms. The van der Waals surface area contributed by atoms with Crippen molar-refractivity contribution < 1.29 is 4.52 Å². The summed E-state index contributed by atoms with van der Waals surface area (Å²) in [5.74, 6) is 1.91. The lowest BCUT2D eigenvalue weighted by atomic mass is 10.1. The minimum Gasteiger partial charge on any atom is -0.363 e. The van der Waals surface area contributed by atoms with E-state index in [1.54, 1.807) is 10.9 Å². The standard InChI is InChI=1S/C20H20N6O/c1-14(17-12-22-26(2)13-17)23-18-9-8-16(11-21-18)20-24-19(25-27-20)10-15-6-4-3-5-7-15/h3-9,11-14H,10H2,1-2H3,(H,21,23). The summed E-state index contributed by atoms with van der Waals surface area (Å²) < 4.78 is 7.17. The highest BCUT2D eigenvalue weighted by Gasteiger charge is 2.11. The van der Waals surface area contributed by atoms with E-state index < -0.39 is 0 Å². The highest BCUT2D eigenvalue weighted by atomic mass is 16.5.